The summed E-state index contributed by atoms with van der Waals surface area (Å²) >= 11 is 1.16. The van der Waals surface area contributed by atoms with Crippen molar-refractivity contribution in [2.75, 3.05) is 13.7 Å². The number of nitrogens with zero attached hydrogens (tertiary/aromatic N) is 1. The molecule has 0 fully saturated rings. The van der Waals surface area contributed by atoms with Gasteiger partial charge >= 0.3 is 5.97 Å². The fraction of sp³-hybridized carbons (Fsp3) is 0.214. The van der Waals surface area contributed by atoms with Gasteiger partial charge in [0.05, 0.1) is 19.2 Å². The number of aliphatic hydroxyl groups is 1. The fourth-order valence-electron chi connectivity index (χ4n) is 2.23. The third-order valence-electron chi connectivity index (χ3n) is 3.22. The molecule has 0 saturated carbocycles. The molecule has 0 saturated heterocycles. The summed E-state index contributed by atoms with van der Waals surface area (Å²) < 4.78 is 4.66. The molecule has 1 aromatic carbocycles. The molecule has 0 spiro atoms. The van der Waals surface area contributed by atoms with Crippen molar-refractivity contribution in [2.45, 2.75) is 5.25 Å². The van der Waals surface area contributed by atoms with E-state index in [9.17, 15) is 14.7 Å². The Labute approximate surface area is 119 Å². The molecule has 0 radical (unpaired) electrons. The largest absolute Gasteiger partial charge is 0.506 e. The molecule has 0 amide bonds. The fourth-order valence-corrected chi connectivity index (χ4v) is 3.30. The summed E-state index contributed by atoms with van der Waals surface area (Å²) in [7, 11) is 1.31. The topological polar surface area (TPSA) is 76.0 Å². The summed E-state index contributed by atoms with van der Waals surface area (Å²) in [5.41, 5.74) is 1.16. The lowest BCUT2D eigenvalue weighted by atomic mass is 10.1. The van der Waals surface area contributed by atoms with Crippen LogP contribution in [0, 0.1) is 0 Å². The lowest BCUT2D eigenvalue weighted by Crippen LogP contribution is -2.19. The number of rotatable bonds is 2. The number of benzene rings is 1. The number of aliphatic hydroxyl groups excluding tert-OH is 1. The standard InChI is InChI=1S/C14H11NO4S/c1-19-14(18)9-6-15-13(20-9)10-11(16)7-4-2-3-5-8(7)12(10)17/h2-5,9,16H,6H2,1H3. The summed E-state index contributed by atoms with van der Waals surface area (Å²) in [5, 5.41) is 10.2. The van der Waals surface area contributed by atoms with Gasteiger partial charge in [-0.3, -0.25) is 14.6 Å². The second-order valence-electron chi connectivity index (χ2n) is 4.37. The lowest BCUT2D eigenvalue weighted by molar-refractivity contribution is -0.139. The molecule has 1 aliphatic heterocycles. The Bertz CT molecular complexity index is 678. The van der Waals surface area contributed by atoms with Crippen molar-refractivity contribution in [3.8, 4) is 0 Å². The summed E-state index contributed by atoms with van der Waals surface area (Å²) in [6.45, 7) is 0.257. The van der Waals surface area contributed by atoms with Crippen molar-refractivity contribution in [3.63, 3.8) is 0 Å². The number of ketones is 1. The predicted octanol–water partition coefficient (Wildman–Crippen LogP) is 1.84. The average Bonchev–Trinajstić information content (AvgIpc) is 3.03. The van der Waals surface area contributed by atoms with E-state index in [1.54, 1.807) is 24.3 Å². The van der Waals surface area contributed by atoms with Crippen LogP contribution in [0.3, 0.4) is 0 Å². The van der Waals surface area contributed by atoms with Crippen molar-refractivity contribution in [1.29, 1.82) is 0 Å². The van der Waals surface area contributed by atoms with Crippen molar-refractivity contribution < 1.29 is 19.4 Å². The van der Waals surface area contributed by atoms with E-state index in [4.69, 9.17) is 0 Å². The lowest BCUT2D eigenvalue weighted by Gasteiger charge is -2.05. The highest BCUT2D eigenvalue weighted by Crippen LogP contribution is 2.37. The molecule has 0 bridgehead atoms. The Morgan fingerprint density at radius 1 is 1.40 bits per heavy atom. The van der Waals surface area contributed by atoms with Crippen LogP contribution < -0.4 is 0 Å². The van der Waals surface area contributed by atoms with Gasteiger partial charge in [0, 0.05) is 11.1 Å². The second-order valence-corrected chi connectivity index (χ2v) is 5.57. The Morgan fingerprint density at radius 3 is 2.75 bits per heavy atom. The molecule has 20 heavy (non-hydrogen) atoms. The number of methoxy groups -OCH3 is 1. The third-order valence-corrected chi connectivity index (χ3v) is 4.41. The van der Waals surface area contributed by atoms with Gasteiger partial charge in [0.25, 0.3) is 0 Å². The summed E-state index contributed by atoms with van der Waals surface area (Å²) in [6, 6.07) is 6.85. The van der Waals surface area contributed by atoms with Gasteiger partial charge in [0.2, 0.25) is 0 Å². The quantitative estimate of drug-likeness (QED) is 0.841. The average molecular weight is 289 g/mol. The number of fused-ring (bicyclic) bond motifs is 1. The molecule has 5 nitrogen and oxygen atoms in total. The predicted molar refractivity (Wildman–Crippen MR) is 76.0 cm³/mol. The van der Waals surface area contributed by atoms with Crippen molar-refractivity contribution >= 4 is 34.3 Å². The van der Waals surface area contributed by atoms with Crippen LogP contribution in [0.4, 0.5) is 0 Å². The van der Waals surface area contributed by atoms with E-state index >= 15 is 0 Å². The highest BCUT2D eigenvalue weighted by Gasteiger charge is 2.37. The minimum Gasteiger partial charge on any atom is -0.506 e. The van der Waals surface area contributed by atoms with Crippen LogP contribution in [0.25, 0.3) is 5.76 Å². The van der Waals surface area contributed by atoms with Crippen LogP contribution in [0.2, 0.25) is 0 Å². The van der Waals surface area contributed by atoms with Crippen molar-refractivity contribution in [2.24, 2.45) is 4.99 Å². The number of ether oxygens (including phenoxy) is 1. The Hall–Kier alpha value is -2.08. The van der Waals surface area contributed by atoms with E-state index in [0.29, 0.717) is 16.2 Å². The molecule has 6 heteroatoms. The van der Waals surface area contributed by atoms with Crippen LogP contribution in [-0.2, 0) is 9.53 Å². The SMILES string of the molecule is COC(=O)C1CN=C(C2=C(O)c3ccccc3C2=O)S1. The molecule has 1 unspecified atom stereocenters. The van der Waals surface area contributed by atoms with Gasteiger partial charge in [-0.05, 0) is 0 Å². The van der Waals surface area contributed by atoms with E-state index in [0.717, 1.165) is 11.8 Å². The van der Waals surface area contributed by atoms with Gasteiger partial charge in [0.15, 0.2) is 5.78 Å². The maximum Gasteiger partial charge on any atom is 0.321 e. The molecular formula is C14H11NO4S. The molecule has 1 heterocycles. The Balaban J connectivity index is 1.92. The van der Waals surface area contributed by atoms with Crippen LogP contribution in [-0.4, -0.2) is 40.8 Å². The van der Waals surface area contributed by atoms with E-state index in [1.807, 2.05) is 0 Å². The smallest absolute Gasteiger partial charge is 0.321 e. The molecule has 1 aromatic rings. The highest BCUT2D eigenvalue weighted by molar-refractivity contribution is 8.16. The molecule has 0 aromatic heterocycles. The van der Waals surface area contributed by atoms with Crippen molar-refractivity contribution in [1.82, 2.24) is 0 Å². The number of hydrogen-bond acceptors (Lipinski definition) is 6. The number of carbonyl (C=O) groups excluding carboxylic acids is 2. The molecule has 3 rings (SSSR count). The number of thioether (sulfide) groups is 1. The summed E-state index contributed by atoms with van der Waals surface area (Å²) in [4.78, 5) is 28.0. The van der Waals surface area contributed by atoms with Crippen LogP contribution in [0.1, 0.15) is 15.9 Å². The monoisotopic (exact) mass is 289 g/mol. The van der Waals surface area contributed by atoms with Crippen molar-refractivity contribution in [3.05, 3.63) is 41.0 Å². The first-order chi connectivity index (χ1) is 9.63. The minimum atomic E-state index is -0.452. The zero-order valence-corrected chi connectivity index (χ0v) is 11.4. The van der Waals surface area contributed by atoms with Gasteiger partial charge < -0.3 is 9.84 Å². The van der Waals surface area contributed by atoms with E-state index in [1.165, 1.54) is 7.11 Å². The van der Waals surface area contributed by atoms with Gasteiger partial charge in [-0.15, -0.1) is 0 Å². The number of hydrogen-bond donors (Lipinski definition) is 1. The zero-order valence-electron chi connectivity index (χ0n) is 10.6. The number of carbonyl (C=O) groups is 2. The maximum atomic E-state index is 12.3. The number of esters is 1. The molecule has 1 atom stereocenters. The van der Waals surface area contributed by atoms with E-state index < -0.39 is 5.25 Å². The molecule has 2 aliphatic rings. The van der Waals surface area contributed by atoms with Crippen LogP contribution in [0.15, 0.2) is 34.8 Å². The number of aliphatic imine (C=N–C) groups is 1. The molecule has 1 N–H and O–H groups in total. The first-order valence-electron chi connectivity index (χ1n) is 6.00. The highest BCUT2D eigenvalue weighted by atomic mass is 32.2. The van der Waals surface area contributed by atoms with Gasteiger partial charge in [-0.2, -0.15) is 0 Å². The first-order valence-corrected chi connectivity index (χ1v) is 6.88. The van der Waals surface area contributed by atoms with Gasteiger partial charge in [-0.1, -0.05) is 36.0 Å². The third kappa shape index (κ3) is 1.84. The Kier molecular flexibility index (Phi) is 3.10. The normalized spacial score (nSPS) is 20.9. The molecular weight excluding hydrogens is 278 g/mol. The summed E-state index contributed by atoms with van der Waals surface area (Å²) in [5.74, 6) is -0.700. The molecule has 1 aliphatic carbocycles. The second kappa shape index (κ2) is 4.79. The van der Waals surface area contributed by atoms with Crippen LogP contribution >= 0.6 is 11.8 Å². The van der Waals surface area contributed by atoms with Crippen LogP contribution in [0.5, 0.6) is 0 Å². The van der Waals surface area contributed by atoms with Gasteiger partial charge in [-0.25, -0.2) is 0 Å². The summed E-state index contributed by atoms with van der Waals surface area (Å²) in [6.07, 6.45) is 0. The minimum absolute atomic E-state index is 0.0673. The number of Topliss-reactive ketones (excluding diaryl/α,β-unsaturated/α-hetero) is 1. The van der Waals surface area contributed by atoms with E-state index in [-0.39, 0.29) is 29.6 Å². The first kappa shape index (κ1) is 12.9. The van der Waals surface area contributed by atoms with E-state index in [2.05, 4.69) is 9.73 Å². The van der Waals surface area contributed by atoms with Gasteiger partial charge in [0.1, 0.15) is 16.1 Å². The molecule has 102 valence electrons. The maximum absolute atomic E-state index is 12.3. The Morgan fingerprint density at radius 2 is 2.10 bits per heavy atom. The zero-order chi connectivity index (χ0) is 14.3.